The standard InChI is InChI=1S/C16H21N3O/c1-4-12(5-2)18-16(20)14-10-11-8-6-7-9-13(11)15(17-3)19-14/h6-10,12H,4-5H2,1-3H3,(H,17,19)(H,18,20). The summed E-state index contributed by atoms with van der Waals surface area (Å²) in [5.74, 6) is 0.624. The van der Waals surface area contributed by atoms with E-state index in [1.165, 1.54) is 0 Å². The van der Waals surface area contributed by atoms with E-state index in [2.05, 4.69) is 29.5 Å². The number of hydrogen-bond donors (Lipinski definition) is 2. The number of nitrogens with one attached hydrogen (secondary N) is 2. The molecule has 0 fully saturated rings. The maximum absolute atomic E-state index is 12.3. The molecule has 0 aliphatic carbocycles. The number of nitrogens with zero attached hydrogens (tertiary/aromatic N) is 1. The second kappa shape index (κ2) is 6.37. The van der Waals surface area contributed by atoms with Crippen LogP contribution in [-0.2, 0) is 0 Å². The third-order valence-corrected chi connectivity index (χ3v) is 3.53. The molecule has 0 saturated carbocycles. The average molecular weight is 271 g/mol. The first-order chi connectivity index (χ1) is 9.69. The smallest absolute Gasteiger partial charge is 0.270 e. The molecule has 1 aromatic carbocycles. The summed E-state index contributed by atoms with van der Waals surface area (Å²) in [6.45, 7) is 4.14. The highest BCUT2D eigenvalue weighted by Crippen LogP contribution is 2.22. The van der Waals surface area contributed by atoms with Crippen LogP contribution in [0.4, 0.5) is 5.82 Å². The third-order valence-electron chi connectivity index (χ3n) is 3.53. The Morgan fingerprint density at radius 1 is 1.25 bits per heavy atom. The molecular weight excluding hydrogens is 250 g/mol. The fourth-order valence-electron chi connectivity index (χ4n) is 2.26. The molecule has 0 atom stereocenters. The number of amides is 1. The minimum atomic E-state index is -0.110. The van der Waals surface area contributed by atoms with Gasteiger partial charge in [0.2, 0.25) is 0 Å². The number of carbonyl (C=O) groups excluding carboxylic acids is 1. The highest BCUT2D eigenvalue weighted by molar-refractivity contribution is 6.00. The van der Waals surface area contributed by atoms with Crippen molar-refractivity contribution in [2.45, 2.75) is 32.7 Å². The van der Waals surface area contributed by atoms with E-state index in [1.807, 2.05) is 37.4 Å². The largest absolute Gasteiger partial charge is 0.373 e. The zero-order chi connectivity index (χ0) is 14.5. The first-order valence-corrected chi connectivity index (χ1v) is 7.08. The molecule has 1 amide bonds. The monoisotopic (exact) mass is 271 g/mol. The number of pyridine rings is 1. The molecule has 0 aliphatic heterocycles. The van der Waals surface area contributed by atoms with Gasteiger partial charge in [-0.25, -0.2) is 4.98 Å². The number of hydrogen-bond acceptors (Lipinski definition) is 3. The molecule has 0 aliphatic rings. The summed E-state index contributed by atoms with van der Waals surface area (Å²) in [5, 5.41) is 8.11. The number of aromatic nitrogens is 1. The van der Waals surface area contributed by atoms with Gasteiger partial charge >= 0.3 is 0 Å². The molecule has 2 N–H and O–H groups in total. The molecule has 2 rings (SSSR count). The quantitative estimate of drug-likeness (QED) is 0.878. The maximum atomic E-state index is 12.3. The second-order valence-electron chi connectivity index (χ2n) is 4.81. The molecule has 4 heteroatoms. The Morgan fingerprint density at radius 2 is 1.95 bits per heavy atom. The van der Waals surface area contributed by atoms with Gasteiger partial charge in [0.15, 0.2) is 0 Å². The molecule has 0 spiro atoms. The van der Waals surface area contributed by atoms with Crippen molar-refractivity contribution in [2.24, 2.45) is 0 Å². The lowest BCUT2D eigenvalue weighted by Gasteiger charge is -2.15. The van der Waals surface area contributed by atoms with Gasteiger partial charge in [0, 0.05) is 18.5 Å². The van der Waals surface area contributed by atoms with Gasteiger partial charge in [0.1, 0.15) is 11.5 Å². The van der Waals surface area contributed by atoms with Crippen LogP contribution in [0.5, 0.6) is 0 Å². The minimum absolute atomic E-state index is 0.110. The van der Waals surface area contributed by atoms with Crippen LogP contribution in [0.2, 0.25) is 0 Å². The van der Waals surface area contributed by atoms with Crippen LogP contribution in [0.25, 0.3) is 10.8 Å². The lowest BCUT2D eigenvalue weighted by Crippen LogP contribution is -2.34. The highest BCUT2D eigenvalue weighted by Gasteiger charge is 2.14. The highest BCUT2D eigenvalue weighted by atomic mass is 16.1. The second-order valence-corrected chi connectivity index (χ2v) is 4.81. The minimum Gasteiger partial charge on any atom is -0.373 e. The Morgan fingerprint density at radius 3 is 2.60 bits per heavy atom. The summed E-state index contributed by atoms with van der Waals surface area (Å²) >= 11 is 0. The van der Waals surface area contributed by atoms with Gasteiger partial charge in [0.05, 0.1) is 0 Å². The van der Waals surface area contributed by atoms with Gasteiger partial charge in [-0.15, -0.1) is 0 Å². The van der Waals surface area contributed by atoms with Crippen molar-refractivity contribution in [3.63, 3.8) is 0 Å². The molecule has 0 bridgehead atoms. The van der Waals surface area contributed by atoms with Crippen molar-refractivity contribution >= 4 is 22.5 Å². The summed E-state index contributed by atoms with van der Waals surface area (Å²) in [5.41, 5.74) is 0.458. The molecule has 0 unspecified atom stereocenters. The maximum Gasteiger partial charge on any atom is 0.270 e. The number of rotatable bonds is 5. The third kappa shape index (κ3) is 2.90. The van der Waals surface area contributed by atoms with Gasteiger partial charge in [0.25, 0.3) is 5.91 Å². The SMILES string of the molecule is CCC(CC)NC(=O)c1cc2ccccc2c(NC)n1. The van der Waals surface area contributed by atoms with E-state index in [1.54, 1.807) is 0 Å². The molecule has 20 heavy (non-hydrogen) atoms. The van der Waals surface area contributed by atoms with Crippen LogP contribution in [0.1, 0.15) is 37.2 Å². The van der Waals surface area contributed by atoms with Gasteiger partial charge in [-0.2, -0.15) is 0 Å². The molecule has 1 heterocycles. The normalized spacial score (nSPS) is 10.8. The predicted molar refractivity (Wildman–Crippen MR) is 83.1 cm³/mol. The average Bonchev–Trinajstić information content (AvgIpc) is 2.51. The Hall–Kier alpha value is -2.10. The first kappa shape index (κ1) is 14.3. The lowest BCUT2D eigenvalue weighted by atomic mass is 10.1. The lowest BCUT2D eigenvalue weighted by molar-refractivity contribution is 0.0930. The molecular formula is C16H21N3O. The topological polar surface area (TPSA) is 54.0 Å². The summed E-state index contributed by atoms with van der Waals surface area (Å²) in [4.78, 5) is 16.7. The van der Waals surface area contributed by atoms with E-state index in [9.17, 15) is 4.79 Å². The zero-order valence-corrected chi connectivity index (χ0v) is 12.2. The first-order valence-electron chi connectivity index (χ1n) is 7.08. The van der Waals surface area contributed by atoms with E-state index in [0.717, 1.165) is 29.4 Å². The fourth-order valence-corrected chi connectivity index (χ4v) is 2.26. The molecule has 0 radical (unpaired) electrons. The van der Waals surface area contributed by atoms with E-state index < -0.39 is 0 Å². The molecule has 2 aromatic rings. The number of carbonyl (C=O) groups is 1. The Kier molecular flexibility index (Phi) is 4.56. The van der Waals surface area contributed by atoms with Crippen LogP contribution in [0.3, 0.4) is 0 Å². The Bertz CT molecular complexity index is 606. The molecule has 106 valence electrons. The zero-order valence-electron chi connectivity index (χ0n) is 12.2. The van der Waals surface area contributed by atoms with E-state index in [4.69, 9.17) is 0 Å². The van der Waals surface area contributed by atoms with Crippen molar-refractivity contribution in [3.8, 4) is 0 Å². The van der Waals surface area contributed by atoms with Gasteiger partial charge in [-0.05, 0) is 24.3 Å². The van der Waals surface area contributed by atoms with Crippen molar-refractivity contribution < 1.29 is 4.79 Å². The van der Waals surface area contributed by atoms with Crippen LogP contribution in [0.15, 0.2) is 30.3 Å². The Balaban J connectivity index is 2.37. The number of anilines is 1. The van der Waals surface area contributed by atoms with Crippen molar-refractivity contribution in [2.75, 3.05) is 12.4 Å². The van der Waals surface area contributed by atoms with Crippen LogP contribution >= 0.6 is 0 Å². The van der Waals surface area contributed by atoms with Gasteiger partial charge in [-0.1, -0.05) is 38.1 Å². The summed E-state index contributed by atoms with van der Waals surface area (Å²) in [7, 11) is 1.82. The fraction of sp³-hybridized carbons (Fsp3) is 0.375. The van der Waals surface area contributed by atoms with Crippen molar-refractivity contribution in [1.82, 2.24) is 10.3 Å². The van der Waals surface area contributed by atoms with Crippen molar-refractivity contribution in [1.29, 1.82) is 0 Å². The predicted octanol–water partition coefficient (Wildman–Crippen LogP) is 3.19. The van der Waals surface area contributed by atoms with E-state index in [0.29, 0.717) is 5.69 Å². The Labute approximate surface area is 119 Å². The van der Waals surface area contributed by atoms with E-state index >= 15 is 0 Å². The molecule has 1 aromatic heterocycles. The van der Waals surface area contributed by atoms with Gasteiger partial charge in [-0.3, -0.25) is 4.79 Å². The van der Waals surface area contributed by atoms with E-state index in [-0.39, 0.29) is 11.9 Å². The van der Waals surface area contributed by atoms with Gasteiger partial charge < -0.3 is 10.6 Å². The molecule has 0 saturated heterocycles. The summed E-state index contributed by atoms with van der Waals surface area (Å²) in [6, 6.07) is 9.96. The van der Waals surface area contributed by atoms with Crippen molar-refractivity contribution in [3.05, 3.63) is 36.0 Å². The summed E-state index contributed by atoms with van der Waals surface area (Å²) < 4.78 is 0. The number of benzene rings is 1. The summed E-state index contributed by atoms with van der Waals surface area (Å²) in [6.07, 6.45) is 1.85. The van der Waals surface area contributed by atoms with Crippen LogP contribution in [-0.4, -0.2) is 24.0 Å². The number of fused-ring (bicyclic) bond motifs is 1. The van der Waals surface area contributed by atoms with Crippen LogP contribution in [0, 0.1) is 0 Å². The molecule has 4 nitrogen and oxygen atoms in total. The van der Waals surface area contributed by atoms with Crippen LogP contribution < -0.4 is 10.6 Å².